The normalized spacial score (nSPS) is 14.4. The molecule has 2 rings (SSSR count). The van der Waals surface area contributed by atoms with Gasteiger partial charge < -0.3 is 15.3 Å². The molecule has 1 aromatic carbocycles. The van der Waals surface area contributed by atoms with Gasteiger partial charge in [0.05, 0.1) is 12.2 Å². The summed E-state index contributed by atoms with van der Waals surface area (Å²) in [6.45, 7) is 0.343. The molecule has 0 atom stereocenters. The lowest BCUT2D eigenvalue weighted by Gasteiger charge is -2.15. The van der Waals surface area contributed by atoms with E-state index in [-0.39, 0.29) is 18.1 Å². The van der Waals surface area contributed by atoms with Gasteiger partial charge in [0, 0.05) is 13.0 Å². The van der Waals surface area contributed by atoms with E-state index >= 15 is 0 Å². The maximum Gasteiger partial charge on any atom is 0.340 e. The van der Waals surface area contributed by atoms with Crippen LogP contribution in [0.15, 0.2) is 18.2 Å². The van der Waals surface area contributed by atoms with E-state index in [0.29, 0.717) is 19.4 Å². The minimum Gasteiger partial charge on any atom is -0.478 e. The van der Waals surface area contributed by atoms with Crippen LogP contribution in [-0.2, 0) is 9.59 Å². The van der Waals surface area contributed by atoms with E-state index in [1.54, 1.807) is 0 Å². The number of amides is 2. The first-order valence-electron chi connectivity index (χ1n) is 6.08. The van der Waals surface area contributed by atoms with Crippen molar-refractivity contribution < 1.29 is 23.9 Å². The van der Waals surface area contributed by atoms with Crippen molar-refractivity contribution >= 4 is 23.5 Å². The van der Waals surface area contributed by atoms with E-state index < -0.39 is 23.3 Å². The van der Waals surface area contributed by atoms with E-state index in [2.05, 4.69) is 5.32 Å². The number of nitrogens with zero attached hydrogens (tertiary/aromatic N) is 1. The number of rotatable bonds is 4. The van der Waals surface area contributed by atoms with Crippen LogP contribution in [0.2, 0.25) is 0 Å². The highest BCUT2D eigenvalue weighted by Gasteiger charge is 2.23. The summed E-state index contributed by atoms with van der Waals surface area (Å²) in [5.41, 5.74) is -0.706. The molecule has 0 radical (unpaired) electrons. The highest BCUT2D eigenvalue weighted by atomic mass is 19.1. The summed E-state index contributed by atoms with van der Waals surface area (Å²) in [7, 11) is 0. The van der Waals surface area contributed by atoms with Crippen LogP contribution in [0.1, 0.15) is 23.2 Å². The molecule has 1 aromatic rings. The number of benzene rings is 1. The number of halogens is 1. The quantitative estimate of drug-likeness (QED) is 0.864. The molecule has 0 unspecified atom stereocenters. The van der Waals surface area contributed by atoms with Gasteiger partial charge >= 0.3 is 5.97 Å². The van der Waals surface area contributed by atoms with Crippen LogP contribution in [0.5, 0.6) is 0 Å². The molecule has 2 N–H and O–H groups in total. The standard InChI is InChI=1S/C13H13FN2O4/c14-8-3-1-4-9(12(8)13(19)20)15-10(17)7-16-6-2-5-11(16)18/h1,3-4H,2,5-7H2,(H,15,17)(H,19,20). The number of likely N-dealkylation sites (tertiary alicyclic amines) is 1. The predicted molar refractivity (Wildman–Crippen MR) is 67.8 cm³/mol. The van der Waals surface area contributed by atoms with E-state index in [0.717, 1.165) is 6.07 Å². The molecular weight excluding hydrogens is 267 g/mol. The molecule has 1 saturated heterocycles. The topological polar surface area (TPSA) is 86.7 Å². The van der Waals surface area contributed by atoms with Gasteiger partial charge in [-0.15, -0.1) is 0 Å². The fourth-order valence-electron chi connectivity index (χ4n) is 2.08. The fourth-order valence-corrected chi connectivity index (χ4v) is 2.08. The minimum atomic E-state index is -1.46. The summed E-state index contributed by atoms with van der Waals surface area (Å²) in [6.07, 6.45) is 1.11. The second kappa shape index (κ2) is 5.68. The molecule has 2 amide bonds. The van der Waals surface area contributed by atoms with Crippen LogP contribution >= 0.6 is 0 Å². The van der Waals surface area contributed by atoms with E-state index in [1.165, 1.54) is 17.0 Å². The molecule has 0 aromatic heterocycles. The van der Waals surface area contributed by atoms with Crippen molar-refractivity contribution in [2.24, 2.45) is 0 Å². The molecule has 20 heavy (non-hydrogen) atoms. The maximum atomic E-state index is 13.4. The molecule has 7 heteroatoms. The number of anilines is 1. The lowest BCUT2D eigenvalue weighted by Crippen LogP contribution is -2.34. The number of carboxylic acids is 1. The van der Waals surface area contributed by atoms with Crippen molar-refractivity contribution in [3.05, 3.63) is 29.6 Å². The monoisotopic (exact) mass is 280 g/mol. The minimum absolute atomic E-state index is 0.113. The number of nitrogens with one attached hydrogen (secondary N) is 1. The Labute approximate surface area is 114 Å². The van der Waals surface area contributed by atoms with Crippen LogP contribution in [0.3, 0.4) is 0 Å². The van der Waals surface area contributed by atoms with Crippen molar-refractivity contribution in [3.63, 3.8) is 0 Å². The summed E-state index contributed by atoms with van der Waals surface area (Å²) < 4.78 is 13.4. The van der Waals surface area contributed by atoms with Crippen molar-refractivity contribution in [1.29, 1.82) is 0 Å². The number of carboxylic acid groups (broad SMARTS) is 1. The molecule has 0 aliphatic carbocycles. The first kappa shape index (κ1) is 14.0. The number of carbonyl (C=O) groups excluding carboxylic acids is 2. The largest absolute Gasteiger partial charge is 0.478 e. The summed E-state index contributed by atoms with van der Waals surface area (Å²) in [4.78, 5) is 35.5. The van der Waals surface area contributed by atoms with E-state index in [9.17, 15) is 18.8 Å². The van der Waals surface area contributed by atoms with Crippen molar-refractivity contribution in [2.45, 2.75) is 12.8 Å². The molecule has 1 heterocycles. The van der Waals surface area contributed by atoms with Crippen molar-refractivity contribution in [2.75, 3.05) is 18.4 Å². The Balaban J connectivity index is 2.10. The second-order valence-electron chi connectivity index (χ2n) is 4.43. The first-order valence-corrected chi connectivity index (χ1v) is 6.08. The summed E-state index contributed by atoms with van der Waals surface area (Å²) in [6, 6.07) is 3.61. The van der Waals surface area contributed by atoms with Gasteiger partial charge in [-0.25, -0.2) is 9.18 Å². The average molecular weight is 280 g/mol. The van der Waals surface area contributed by atoms with E-state index in [4.69, 9.17) is 5.11 Å². The molecule has 106 valence electrons. The van der Waals surface area contributed by atoms with Crippen LogP contribution in [0, 0.1) is 5.82 Å². The first-order chi connectivity index (χ1) is 9.49. The van der Waals surface area contributed by atoms with Crippen LogP contribution in [0.4, 0.5) is 10.1 Å². The highest BCUT2D eigenvalue weighted by Crippen LogP contribution is 2.19. The molecule has 0 spiro atoms. The van der Waals surface area contributed by atoms with Gasteiger partial charge in [0.15, 0.2) is 0 Å². The van der Waals surface area contributed by atoms with Crippen molar-refractivity contribution in [3.8, 4) is 0 Å². The van der Waals surface area contributed by atoms with Gasteiger partial charge in [-0.2, -0.15) is 0 Å². The molecule has 0 bridgehead atoms. The highest BCUT2D eigenvalue weighted by molar-refractivity contribution is 6.02. The van der Waals surface area contributed by atoms with Gasteiger partial charge in [0.1, 0.15) is 11.4 Å². The maximum absolute atomic E-state index is 13.4. The third kappa shape index (κ3) is 2.93. The predicted octanol–water partition coefficient (Wildman–Crippen LogP) is 1.08. The zero-order valence-electron chi connectivity index (χ0n) is 10.6. The van der Waals surface area contributed by atoms with Gasteiger partial charge in [-0.3, -0.25) is 9.59 Å². The Kier molecular flexibility index (Phi) is 3.97. The van der Waals surface area contributed by atoms with Gasteiger partial charge in [0.25, 0.3) is 0 Å². The fraction of sp³-hybridized carbons (Fsp3) is 0.308. The number of hydrogen-bond donors (Lipinski definition) is 2. The number of hydrogen-bond acceptors (Lipinski definition) is 3. The number of aromatic carboxylic acids is 1. The van der Waals surface area contributed by atoms with Crippen molar-refractivity contribution in [1.82, 2.24) is 4.90 Å². The Bertz CT molecular complexity index is 573. The Morgan fingerprint density at radius 3 is 2.75 bits per heavy atom. The Morgan fingerprint density at radius 1 is 1.40 bits per heavy atom. The summed E-state index contributed by atoms with van der Waals surface area (Å²) in [5, 5.41) is 11.3. The third-order valence-corrected chi connectivity index (χ3v) is 3.01. The molecule has 1 fully saturated rings. The molecule has 0 saturated carbocycles. The van der Waals surface area contributed by atoms with Gasteiger partial charge in [-0.1, -0.05) is 6.07 Å². The molecule has 1 aliphatic heterocycles. The molecular formula is C13H13FN2O4. The zero-order valence-corrected chi connectivity index (χ0v) is 10.6. The van der Waals surface area contributed by atoms with Crippen LogP contribution < -0.4 is 5.32 Å². The zero-order chi connectivity index (χ0) is 14.7. The number of carbonyl (C=O) groups is 3. The third-order valence-electron chi connectivity index (χ3n) is 3.01. The Hall–Kier alpha value is -2.44. The average Bonchev–Trinajstić information content (AvgIpc) is 2.74. The van der Waals surface area contributed by atoms with Gasteiger partial charge in [0.2, 0.25) is 11.8 Å². The lowest BCUT2D eigenvalue weighted by molar-refractivity contribution is -0.131. The summed E-state index contributed by atoms with van der Waals surface area (Å²) in [5.74, 6) is -3.05. The Morgan fingerprint density at radius 2 is 2.15 bits per heavy atom. The molecule has 6 nitrogen and oxygen atoms in total. The second-order valence-corrected chi connectivity index (χ2v) is 4.43. The lowest BCUT2D eigenvalue weighted by atomic mass is 10.1. The van der Waals surface area contributed by atoms with E-state index in [1.807, 2.05) is 0 Å². The summed E-state index contributed by atoms with van der Waals surface area (Å²) >= 11 is 0. The van der Waals surface area contributed by atoms with Crippen LogP contribution in [-0.4, -0.2) is 40.9 Å². The van der Waals surface area contributed by atoms with Crippen LogP contribution in [0.25, 0.3) is 0 Å². The smallest absolute Gasteiger partial charge is 0.340 e. The molecule has 1 aliphatic rings. The SMILES string of the molecule is O=C(CN1CCCC1=O)Nc1cccc(F)c1C(=O)O. The van der Waals surface area contributed by atoms with Gasteiger partial charge in [-0.05, 0) is 18.6 Å².